The summed E-state index contributed by atoms with van der Waals surface area (Å²) in [4.78, 5) is 13.1. The Kier molecular flexibility index (Phi) is 16.2. The Morgan fingerprint density at radius 3 is 2.00 bits per heavy atom. The third-order valence-corrected chi connectivity index (χ3v) is 8.70. The number of rotatable bonds is 18. The molecular formula is C36H53ClN2O2S. The van der Waals surface area contributed by atoms with Crippen LogP contribution < -0.4 is 27.0 Å². The summed E-state index contributed by atoms with van der Waals surface area (Å²) < 4.78 is 8.54. The molecule has 0 spiro atoms. The molecule has 1 amide bonds. The highest BCUT2D eigenvalue weighted by atomic mass is 35.5. The van der Waals surface area contributed by atoms with Gasteiger partial charge in [0, 0.05) is 11.3 Å². The smallest absolute Gasteiger partial charge is 0.268 e. The quantitative estimate of drug-likeness (QED) is 0.127. The van der Waals surface area contributed by atoms with Crippen molar-refractivity contribution in [3.8, 4) is 16.3 Å². The maximum atomic E-state index is 13.1. The van der Waals surface area contributed by atoms with Gasteiger partial charge < -0.3 is 22.5 Å². The van der Waals surface area contributed by atoms with Crippen molar-refractivity contribution < 1.29 is 26.5 Å². The fourth-order valence-electron chi connectivity index (χ4n) is 5.29. The zero-order valence-electron chi connectivity index (χ0n) is 26.6. The van der Waals surface area contributed by atoms with Crippen LogP contribution in [0.25, 0.3) is 10.6 Å². The Hall–Kier alpha value is -2.37. The highest BCUT2D eigenvalue weighted by Gasteiger charge is 2.22. The summed E-state index contributed by atoms with van der Waals surface area (Å²) in [5.74, 6) is 0.861. The van der Waals surface area contributed by atoms with Gasteiger partial charge >= 0.3 is 0 Å². The number of hydrogen-bond acceptors (Lipinski definition) is 3. The van der Waals surface area contributed by atoms with E-state index in [9.17, 15) is 4.79 Å². The minimum atomic E-state index is -0.0634. The molecule has 0 saturated carbocycles. The number of benzene rings is 2. The highest BCUT2D eigenvalue weighted by Crippen LogP contribution is 2.35. The van der Waals surface area contributed by atoms with Gasteiger partial charge in [-0.3, -0.25) is 4.79 Å². The molecule has 42 heavy (non-hydrogen) atoms. The maximum Gasteiger partial charge on any atom is 0.268 e. The van der Waals surface area contributed by atoms with E-state index in [1.165, 1.54) is 75.6 Å². The van der Waals surface area contributed by atoms with E-state index in [-0.39, 0.29) is 23.7 Å². The van der Waals surface area contributed by atoms with Crippen molar-refractivity contribution >= 4 is 22.9 Å². The second-order valence-corrected chi connectivity index (χ2v) is 13.3. The van der Waals surface area contributed by atoms with Crippen molar-refractivity contribution in [1.29, 1.82) is 0 Å². The van der Waals surface area contributed by atoms with E-state index in [1.54, 1.807) is 11.3 Å². The van der Waals surface area contributed by atoms with Crippen molar-refractivity contribution in [3.63, 3.8) is 0 Å². The van der Waals surface area contributed by atoms with Crippen molar-refractivity contribution in [3.05, 3.63) is 65.2 Å². The lowest BCUT2D eigenvalue weighted by Gasteiger charge is -2.25. The molecule has 0 aliphatic rings. The Morgan fingerprint density at radius 1 is 0.857 bits per heavy atom. The molecule has 0 unspecified atom stereocenters. The predicted molar refractivity (Wildman–Crippen MR) is 175 cm³/mol. The number of unbranched alkanes of at least 4 members (excludes halogenated alkanes) is 11. The van der Waals surface area contributed by atoms with Crippen LogP contribution in [-0.2, 0) is 23.7 Å². The molecule has 1 N–H and O–H groups in total. The molecule has 0 aliphatic carbocycles. The van der Waals surface area contributed by atoms with Crippen LogP contribution in [0.2, 0.25) is 0 Å². The van der Waals surface area contributed by atoms with Crippen molar-refractivity contribution in [2.45, 2.75) is 117 Å². The number of carbonyl (C=O) groups excluding carboxylic acids is 1. The fraction of sp³-hybridized carbons (Fsp3) is 0.556. The van der Waals surface area contributed by atoms with E-state index in [0.29, 0.717) is 13.0 Å². The van der Waals surface area contributed by atoms with Crippen molar-refractivity contribution in [2.24, 2.45) is 7.05 Å². The lowest BCUT2D eigenvalue weighted by molar-refractivity contribution is -0.655. The first-order valence-electron chi connectivity index (χ1n) is 15.9. The number of carbonyl (C=O) groups is 1. The Bertz CT molecular complexity index is 1180. The molecule has 1 aromatic heterocycles. The van der Waals surface area contributed by atoms with Gasteiger partial charge in [-0.15, -0.1) is 0 Å². The van der Waals surface area contributed by atoms with Gasteiger partial charge in [-0.1, -0.05) is 128 Å². The fourth-order valence-corrected chi connectivity index (χ4v) is 6.16. The number of hydrogen-bond donors (Lipinski definition) is 1. The normalized spacial score (nSPS) is 11.3. The molecule has 0 saturated heterocycles. The molecule has 1 heterocycles. The van der Waals surface area contributed by atoms with E-state index in [2.05, 4.69) is 73.4 Å². The number of para-hydroxylation sites is 1. The van der Waals surface area contributed by atoms with E-state index < -0.39 is 0 Å². The van der Waals surface area contributed by atoms with Crippen LogP contribution in [0.4, 0.5) is 5.69 Å². The SMILES string of the molecule is CCCCCCCCCCCCCCOc1c(CC(=O)Nc2ccc(-c3scc[n+]3C)cc2)cccc1C(C)(C)C.[Cl-]. The molecule has 4 nitrogen and oxygen atoms in total. The summed E-state index contributed by atoms with van der Waals surface area (Å²) in [6.07, 6.45) is 18.3. The van der Waals surface area contributed by atoms with Crippen LogP contribution in [0.3, 0.4) is 0 Å². The number of halogens is 1. The first kappa shape index (κ1) is 35.8. The number of anilines is 1. The lowest BCUT2D eigenvalue weighted by Crippen LogP contribution is -3.00. The number of aryl methyl sites for hydroxylation is 1. The van der Waals surface area contributed by atoms with Gasteiger partial charge in [0.2, 0.25) is 5.91 Å². The Balaban J connectivity index is 0.00000616. The van der Waals surface area contributed by atoms with E-state index in [4.69, 9.17) is 4.74 Å². The predicted octanol–water partition coefficient (Wildman–Crippen LogP) is 6.80. The van der Waals surface area contributed by atoms with E-state index >= 15 is 0 Å². The van der Waals surface area contributed by atoms with Gasteiger partial charge in [0.1, 0.15) is 12.8 Å². The molecule has 3 rings (SSSR count). The molecule has 232 valence electrons. The molecule has 3 aromatic rings. The van der Waals surface area contributed by atoms with Gasteiger partial charge in [-0.05, 0) is 41.7 Å². The van der Waals surface area contributed by atoms with Gasteiger partial charge in [0.15, 0.2) is 6.20 Å². The molecule has 0 bridgehead atoms. The van der Waals surface area contributed by atoms with Gasteiger partial charge in [0.25, 0.3) is 5.01 Å². The van der Waals surface area contributed by atoms with Gasteiger partial charge in [-0.2, -0.15) is 4.57 Å². The van der Waals surface area contributed by atoms with Crippen LogP contribution in [0.15, 0.2) is 54.0 Å². The second kappa shape index (κ2) is 19.0. The standard InChI is InChI=1S/C36H52N2O2S.ClH/c1-6-7-8-9-10-11-12-13-14-15-16-17-26-40-34-30(19-18-20-32(34)36(2,3)4)28-33(39)37-31-23-21-29(22-24-31)35-38(5)25-27-41-35;/h18-25,27H,6-17,26,28H2,1-5H3;1H. The first-order chi connectivity index (χ1) is 19.8. The largest absolute Gasteiger partial charge is 1.00 e. The number of thiazole rings is 1. The molecular weight excluding hydrogens is 560 g/mol. The summed E-state index contributed by atoms with van der Waals surface area (Å²) in [6.45, 7) is 9.59. The molecule has 0 fully saturated rings. The monoisotopic (exact) mass is 612 g/mol. The second-order valence-electron chi connectivity index (χ2n) is 12.4. The van der Waals surface area contributed by atoms with E-state index in [0.717, 1.165) is 34.5 Å². The average molecular weight is 613 g/mol. The summed E-state index contributed by atoms with van der Waals surface area (Å²) in [7, 11) is 2.05. The minimum Gasteiger partial charge on any atom is -1.00 e. The van der Waals surface area contributed by atoms with Crippen LogP contribution in [0.5, 0.6) is 5.75 Å². The van der Waals surface area contributed by atoms with Crippen LogP contribution in [0, 0.1) is 0 Å². The molecule has 6 heteroatoms. The summed E-state index contributed by atoms with van der Waals surface area (Å²) >= 11 is 1.71. The van der Waals surface area contributed by atoms with Gasteiger partial charge in [0.05, 0.1) is 24.0 Å². The molecule has 2 aromatic carbocycles. The zero-order chi connectivity index (χ0) is 29.5. The summed E-state index contributed by atoms with van der Waals surface area (Å²) in [5, 5.41) is 6.35. The van der Waals surface area contributed by atoms with Crippen molar-refractivity contribution in [1.82, 2.24) is 0 Å². The van der Waals surface area contributed by atoms with Crippen LogP contribution in [0.1, 0.15) is 116 Å². The maximum absolute atomic E-state index is 13.1. The molecule has 0 radical (unpaired) electrons. The van der Waals surface area contributed by atoms with Gasteiger partial charge in [-0.25, -0.2) is 0 Å². The zero-order valence-corrected chi connectivity index (χ0v) is 28.2. The van der Waals surface area contributed by atoms with E-state index in [1.807, 2.05) is 25.2 Å². The number of nitrogens with zero attached hydrogens (tertiary/aromatic N) is 1. The third kappa shape index (κ3) is 12.1. The number of amides is 1. The summed E-state index contributed by atoms with van der Waals surface area (Å²) in [5.41, 5.74) is 4.01. The molecule has 0 aliphatic heterocycles. The average Bonchev–Trinajstić information content (AvgIpc) is 3.37. The number of aromatic nitrogens is 1. The molecule has 0 atom stereocenters. The topological polar surface area (TPSA) is 42.2 Å². The highest BCUT2D eigenvalue weighted by molar-refractivity contribution is 7.12. The van der Waals surface area contributed by atoms with Crippen molar-refractivity contribution in [2.75, 3.05) is 11.9 Å². The summed E-state index contributed by atoms with van der Waals surface area (Å²) in [6, 6.07) is 14.3. The number of ether oxygens (including phenoxy) is 1. The Labute approximate surface area is 265 Å². The number of nitrogens with one attached hydrogen (secondary N) is 1. The lowest BCUT2D eigenvalue weighted by atomic mass is 9.84. The van der Waals surface area contributed by atoms with Crippen LogP contribution >= 0.6 is 11.3 Å². The minimum absolute atomic E-state index is 0. The Morgan fingerprint density at radius 2 is 1.45 bits per heavy atom. The third-order valence-electron chi connectivity index (χ3n) is 7.70. The first-order valence-corrected chi connectivity index (χ1v) is 16.8. The van der Waals surface area contributed by atoms with Crippen LogP contribution in [-0.4, -0.2) is 12.5 Å².